The predicted octanol–water partition coefficient (Wildman–Crippen LogP) is 9.10. The van der Waals surface area contributed by atoms with Crippen molar-refractivity contribution < 1.29 is 4.79 Å². The molecule has 0 heterocycles. The molecule has 0 aliphatic carbocycles. The number of carbonyl (C=O) groups is 1. The van der Waals surface area contributed by atoms with Crippen LogP contribution in [-0.4, -0.2) is 5.91 Å². The summed E-state index contributed by atoms with van der Waals surface area (Å²) in [5, 5.41) is 2.89. The van der Waals surface area contributed by atoms with Gasteiger partial charge in [-0.1, -0.05) is 129 Å². The van der Waals surface area contributed by atoms with Gasteiger partial charge in [0.05, 0.1) is 0 Å². The van der Waals surface area contributed by atoms with Crippen LogP contribution in [0.1, 0.15) is 140 Å². The third kappa shape index (κ3) is 14.2. The van der Waals surface area contributed by atoms with E-state index in [-0.39, 0.29) is 11.3 Å². The van der Waals surface area contributed by atoms with Gasteiger partial charge in [0.1, 0.15) is 0 Å². The van der Waals surface area contributed by atoms with Gasteiger partial charge in [-0.05, 0) is 36.0 Å². The summed E-state index contributed by atoms with van der Waals surface area (Å²) in [6.07, 6.45) is 24.4. The fraction of sp³-hybridized carbons (Fsp3) is 0.690. The van der Waals surface area contributed by atoms with Crippen LogP contribution in [0.3, 0.4) is 0 Å². The van der Waals surface area contributed by atoms with Crippen molar-refractivity contribution in [2.24, 2.45) is 0 Å². The van der Waals surface area contributed by atoms with Crippen molar-refractivity contribution in [2.45, 2.75) is 129 Å². The fourth-order valence-corrected chi connectivity index (χ4v) is 3.88. The van der Waals surface area contributed by atoms with Gasteiger partial charge in [-0.15, -0.1) is 0 Å². The van der Waals surface area contributed by atoms with E-state index in [0.717, 1.165) is 6.42 Å². The SMILES string of the molecule is CCCCCCCCCCCCCCCCC=CNC(=O)c1ccc(C(C)(C)C)cc1. The van der Waals surface area contributed by atoms with Crippen LogP contribution in [0.15, 0.2) is 36.5 Å². The predicted molar refractivity (Wildman–Crippen MR) is 137 cm³/mol. The first-order chi connectivity index (χ1) is 14.9. The molecule has 1 rings (SSSR count). The lowest BCUT2D eigenvalue weighted by molar-refractivity contribution is 0.0970. The van der Waals surface area contributed by atoms with Crippen LogP contribution in [0.25, 0.3) is 0 Å². The van der Waals surface area contributed by atoms with E-state index in [1.165, 1.54) is 95.5 Å². The molecule has 0 saturated carbocycles. The van der Waals surface area contributed by atoms with Crippen molar-refractivity contribution in [3.8, 4) is 0 Å². The van der Waals surface area contributed by atoms with Gasteiger partial charge in [-0.25, -0.2) is 0 Å². The van der Waals surface area contributed by atoms with Crippen LogP contribution in [0.2, 0.25) is 0 Å². The first-order valence-electron chi connectivity index (χ1n) is 13.0. The summed E-state index contributed by atoms with van der Waals surface area (Å²) in [7, 11) is 0. The standard InChI is InChI=1S/C29H49NO/c1-5-6-7-8-9-10-11-12-13-14-15-16-17-18-19-20-25-30-28(31)26-21-23-27(24-22-26)29(2,3)4/h20-25H,5-19H2,1-4H3,(H,30,31). The van der Waals surface area contributed by atoms with Crippen molar-refractivity contribution in [3.05, 3.63) is 47.7 Å². The van der Waals surface area contributed by atoms with Crippen LogP contribution in [0.5, 0.6) is 0 Å². The summed E-state index contributed by atoms with van der Waals surface area (Å²) in [4.78, 5) is 12.2. The summed E-state index contributed by atoms with van der Waals surface area (Å²) < 4.78 is 0. The second kappa shape index (κ2) is 17.0. The molecule has 1 N–H and O–H groups in total. The molecule has 2 nitrogen and oxygen atoms in total. The van der Waals surface area contributed by atoms with E-state index in [4.69, 9.17) is 0 Å². The lowest BCUT2D eigenvalue weighted by Crippen LogP contribution is -2.17. The number of hydrogen-bond donors (Lipinski definition) is 1. The third-order valence-electron chi connectivity index (χ3n) is 6.07. The molecular weight excluding hydrogens is 378 g/mol. The van der Waals surface area contributed by atoms with Gasteiger partial charge in [0.25, 0.3) is 5.91 Å². The topological polar surface area (TPSA) is 29.1 Å². The second-order valence-electron chi connectivity index (χ2n) is 10.1. The molecule has 0 aliphatic rings. The molecule has 0 unspecified atom stereocenters. The molecule has 0 bridgehead atoms. The van der Waals surface area contributed by atoms with Crippen LogP contribution < -0.4 is 5.32 Å². The Kier molecular flexibility index (Phi) is 15.1. The number of nitrogens with one attached hydrogen (secondary N) is 1. The lowest BCUT2D eigenvalue weighted by atomic mass is 9.87. The molecule has 0 aromatic heterocycles. The van der Waals surface area contributed by atoms with Crippen LogP contribution in [0.4, 0.5) is 0 Å². The molecule has 1 aromatic carbocycles. The molecule has 1 amide bonds. The average Bonchev–Trinajstić information content (AvgIpc) is 2.75. The molecule has 0 atom stereocenters. The Bertz CT molecular complexity index is 594. The highest BCUT2D eigenvalue weighted by Crippen LogP contribution is 2.22. The first-order valence-corrected chi connectivity index (χ1v) is 13.0. The molecule has 1 aromatic rings. The van der Waals surface area contributed by atoms with Gasteiger partial charge >= 0.3 is 0 Å². The molecule has 2 heteroatoms. The Morgan fingerprint density at radius 3 is 1.65 bits per heavy atom. The highest BCUT2D eigenvalue weighted by molar-refractivity contribution is 5.94. The minimum absolute atomic E-state index is 0.0299. The smallest absolute Gasteiger partial charge is 0.255 e. The minimum atomic E-state index is -0.0299. The zero-order valence-corrected chi connectivity index (χ0v) is 21.0. The van der Waals surface area contributed by atoms with E-state index in [2.05, 4.69) is 39.1 Å². The fourth-order valence-electron chi connectivity index (χ4n) is 3.88. The van der Waals surface area contributed by atoms with E-state index in [9.17, 15) is 4.79 Å². The number of rotatable bonds is 17. The van der Waals surface area contributed by atoms with Gasteiger partial charge in [0.2, 0.25) is 0 Å². The molecular formula is C29H49NO. The number of hydrogen-bond acceptors (Lipinski definition) is 1. The summed E-state index contributed by atoms with van der Waals surface area (Å²) in [6.45, 7) is 8.83. The van der Waals surface area contributed by atoms with Crippen molar-refractivity contribution in [3.63, 3.8) is 0 Å². The third-order valence-corrected chi connectivity index (χ3v) is 6.07. The van der Waals surface area contributed by atoms with Crippen LogP contribution in [0, 0.1) is 0 Å². The van der Waals surface area contributed by atoms with Crippen LogP contribution >= 0.6 is 0 Å². The second-order valence-corrected chi connectivity index (χ2v) is 10.1. The molecule has 0 spiro atoms. The van der Waals surface area contributed by atoms with Gasteiger partial charge in [-0.2, -0.15) is 0 Å². The summed E-state index contributed by atoms with van der Waals surface area (Å²) >= 11 is 0. The maximum Gasteiger partial charge on any atom is 0.255 e. The maximum absolute atomic E-state index is 12.2. The van der Waals surface area contributed by atoms with E-state index >= 15 is 0 Å². The largest absolute Gasteiger partial charge is 0.329 e. The van der Waals surface area contributed by atoms with E-state index in [1.54, 1.807) is 0 Å². The van der Waals surface area contributed by atoms with Crippen molar-refractivity contribution in [1.82, 2.24) is 5.32 Å². The van der Waals surface area contributed by atoms with Gasteiger partial charge in [0, 0.05) is 11.8 Å². The molecule has 176 valence electrons. The minimum Gasteiger partial charge on any atom is -0.329 e. The number of benzene rings is 1. The Morgan fingerprint density at radius 2 is 1.19 bits per heavy atom. The average molecular weight is 428 g/mol. The van der Waals surface area contributed by atoms with Crippen molar-refractivity contribution in [1.29, 1.82) is 0 Å². The van der Waals surface area contributed by atoms with Gasteiger partial charge in [0.15, 0.2) is 0 Å². The Morgan fingerprint density at radius 1 is 0.742 bits per heavy atom. The summed E-state index contributed by atoms with van der Waals surface area (Å²) in [6, 6.07) is 7.93. The number of amides is 1. The quantitative estimate of drug-likeness (QED) is 0.247. The molecule has 0 saturated heterocycles. The Hall–Kier alpha value is -1.57. The number of unbranched alkanes of at least 4 members (excludes halogenated alkanes) is 14. The Balaban J connectivity index is 1.95. The maximum atomic E-state index is 12.2. The van der Waals surface area contributed by atoms with Crippen molar-refractivity contribution in [2.75, 3.05) is 0 Å². The number of allylic oxidation sites excluding steroid dienone is 1. The molecule has 0 radical (unpaired) electrons. The summed E-state index contributed by atoms with van der Waals surface area (Å²) in [5.41, 5.74) is 2.08. The zero-order chi connectivity index (χ0) is 22.8. The summed E-state index contributed by atoms with van der Waals surface area (Å²) in [5.74, 6) is -0.0299. The molecule has 0 aliphatic heterocycles. The molecule has 31 heavy (non-hydrogen) atoms. The lowest BCUT2D eigenvalue weighted by Gasteiger charge is -2.18. The zero-order valence-electron chi connectivity index (χ0n) is 21.0. The monoisotopic (exact) mass is 427 g/mol. The van der Waals surface area contributed by atoms with Gasteiger partial charge in [-0.3, -0.25) is 4.79 Å². The van der Waals surface area contributed by atoms with Crippen LogP contribution in [-0.2, 0) is 5.41 Å². The molecule has 0 fully saturated rings. The van der Waals surface area contributed by atoms with E-state index in [0.29, 0.717) is 5.56 Å². The highest BCUT2D eigenvalue weighted by atomic mass is 16.1. The van der Waals surface area contributed by atoms with Crippen molar-refractivity contribution >= 4 is 5.91 Å². The van der Waals surface area contributed by atoms with E-state index in [1.807, 2.05) is 30.5 Å². The highest BCUT2D eigenvalue weighted by Gasteiger charge is 2.13. The van der Waals surface area contributed by atoms with Gasteiger partial charge < -0.3 is 5.32 Å². The Labute approximate surface area is 193 Å². The normalized spacial score (nSPS) is 11.9. The van der Waals surface area contributed by atoms with E-state index < -0.39 is 0 Å². The first kappa shape index (κ1) is 27.5. The number of carbonyl (C=O) groups excluding carboxylic acids is 1.